The maximum Gasteiger partial charge on any atom is 0.372 e. The van der Waals surface area contributed by atoms with Crippen LogP contribution in [0.1, 0.15) is 18.4 Å². The lowest BCUT2D eigenvalue weighted by Gasteiger charge is -2.07. The van der Waals surface area contributed by atoms with Crippen LogP contribution in [0.25, 0.3) is 0 Å². The number of hydrogen-bond donors (Lipinski definition) is 1. The number of benzene rings is 1. The summed E-state index contributed by atoms with van der Waals surface area (Å²) in [5.74, 6) is -2.86. The maximum atomic E-state index is 11.1. The van der Waals surface area contributed by atoms with Gasteiger partial charge in [0.05, 0.1) is 5.92 Å². The summed E-state index contributed by atoms with van der Waals surface area (Å²) >= 11 is 5.66. The Balaban J connectivity index is 2.89. The van der Waals surface area contributed by atoms with Crippen molar-refractivity contribution in [3.05, 3.63) is 34.9 Å². The first-order chi connectivity index (χ1) is 6.52. The third kappa shape index (κ3) is 2.33. The molecule has 0 aliphatic carbocycles. The van der Waals surface area contributed by atoms with Gasteiger partial charge >= 0.3 is 5.97 Å². The molecule has 0 aliphatic rings. The monoisotopic (exact) mass is 212 g/mol. The zero-order valence-corrected chi connectivity index (χ0v) is 8.28. The highest BCUT2D eigenvalue weighted by Gasteiger charge is 2.21. The van der Waals surface area contributed by atoms with Gasteiger partial charge in [0, 0.05) is 5.02 Å². The number of carbonyl (C=O) groups excluding carboxylic acids is 1. The normalized spacial score (nSPS) is 12.1. The number of carboxylic acids is 1. The molecule has 1 N–H and O–H groups in total. The van der Waals surface area contributed by atoms with Crippen molar-refractivity contribution in [1.82, 2.24) is 0 Å². The zero-order chi connectivity index (χ0) is 10.7. The number of carbonyl (C=O) groups is 2. The summed E-state index contributed by atoms with van der Waals surface area (Å²) < 4.78 is 0. The number of ketones is 1. The van der Waals surface area contributed by atoms with E-state index >= 15 is 0 Å². The van der Waals surface area contributed by atoms with Crippen LogP contribution >= 0.6 is 11.6 Å². The molecular weight excluding hydrogens is 204 g/mol. The van der Waals surface area contributed by atoms with Crippen LogP contribution in [0, 0.1) is 0 Å². The van der Waals surface area contributed by atoms with E-state index in [1.54, 1.807) is 31.2 Å². The van der Waals surface area contributed by atoms with Crippen LogP contribution in [0.15, 0.2) is 24.3 Å². The van der Waals surface area contributed by atoms with E-state index in [4.69, 9.17) is 16.7 Å². The summed E-state index contributed by atoms with van der Waals surface area (Å²) in [6, 6.07) is 6.55. The number of rotatable bonds is 3. The van der Waals surface area contributed by atoms with Crippen LogP contribution in [-0.2, 0) is 9.59 Å². The average molecular weight is 213 g/mol. The Bertz CT molecular complexity index is 356. The Morgan fingerprint density at radius 2 is 1.79 bits per heavy atom. The highest BCUT2D eigenvalue weighted by molar-refractivity contribution is 6.35. The molecule has 0 saturated heterocycles. The number of hydrogen-bond acceptors (Lipinski definition) is 2. The van der Waals surface area contributed by atoms with Gasteiger partial charge in [0.15, 0.2) is 0 Å². The minimum atomic E-state index is -1.41. The van der Waals surface area contributed by atoms with E-state index in [0.29, 0.717) is 10.6 Å². The molecule has 4 heteroatoms. The molecule has 1 atom stereocenters. The summed E-state index contributed by atoms with van der Waals surface area (Å²) in [6.45, 7) is 1.56. The highest BCUT2D eigenvalue weighted by Crippen LogP contribution is 2.18. The molecule has 0 saturated carbocycles. The SMILES string of the molecule is CC(C(=O)C(=O)O)c1ccc(Cl)cc1. The van der Waals surface area contributed by atoms with E-state index < -0.39 is 17.7 Å². The first-order valence-corrected chi connectivity index (χ1v) is 4.42. The molecule has 0 radical (unpaired) electrons. The van der Waals surface area contributed by atoms with E-state index in [2.05, 4.69) is 0 Å². The quantitative estimate of drug-likeness (QED) is 0.781. The van der Waals surface area contributed by atoms with Crippen molar-refractivity contribution in [3.63, 3.8) is 0 Å². The van der Waals surface area contributed by atoms with Crippen molar-refractivity contribution in [1.29, 1.82) is 0 Å². The van der Waals surface area contributed by atoms with Gasteiger partial charge in [-0.3, -0.25) is 4.79 Å². The summed E-state index contributed by atoms with van der Waals surface area (Å²) in [5.41, 5.74) is 0.654. The second kappa shape index (κ2) is 4.24. The molecule has 0 bridgehead atoms. The molecule has 1 rings (SSSR count). The summed E-state index contributed by atoms with van der Waals surface area (Å²) in [4.78, 5) is 21.5. The molecule has 0 aliphatic heterocycles. The van der Waals surface area contributed by atoms with Gasteiger partial charge in [-0.05, 0) is 17.7 Å². The van der Waals surface area contributed by atoms with Gasteiger partial charge in [-0.2, -0.15) is 0 Å². The smallest absolute Gasteiger partial charge is 0.372 e. The van der Waals surface area contributed by atoms with Gasteiger partial charge in [0.1, 0.15) is 0 Å². The van der Waals surface area contributed by atoms with E-state index in [9.17, 15) is 9.59 Å². The van der Waals surface area contributed by atoms with E-state index in [1.807, 2.05) is 0 Å². The van der Waals surface area contributed by atoms with Crippen molar-refractivity contribution in [2.75, 3.05) is 0 Å². The molecule has 0 aromatic heterocycles. The molecule has 74 valence electrons. The van der Waals surface area contributed by atoms with Crippen LogP contribution in [0.4, 0.5) is 0 Å². The fourth-order valence-corrected chi connectivity index (χ4v) is 1.21. The van der Waals surface area contributed by atoms with Gasteiger partial charge in [0.25, 0.3) is 0 Å². The molecular formula is C10H9ClO3. The van der Waals surface area contributed by atoms with E-state index in [1.165, 1.54) is 0 Å². The van der Waals surface area contributed by atoms with Crippen LogP contribution in [0.2, 0.25) is 5.02 Å². The Kier molecular flexibility index (Phi) is 3.25. The van der Waals surface area contributed by atoms with Crippen molar-refractivity contribution < 1.29 is 14.7 Å². The van der Waals surface area contributed by atoms with Crippen LogP contribution in [0.3, 0.4) is 0 Å². The zero-order valence-electron chi connectivity index (χ0n) is 7.53. The Labute approximate surface area is 86.3 Å². The third-order valence-corrected chi connectivity index (χ3v) is 2.23. The fraction of sp³-hybridized carbons (Fsp3) is 0.200. The standard InChI is InChI=1S/C10H9ClO3/c1-6(9(12)10(13)14)7-2-4-8(11)5-3-7/h2-6H,1H3,(H,13,14). The predicted molar refractivity (Wildman–Crippen MR) is 52.5 cm³/mol. The predicted octanol–water partition coefficient (Wildman–Crippen LogP) is 2.10. The summed E-state index contributed by atoms with van der Waals surface area (Å²) in [5, 5.41) is 9.05. The van der Waals surface area contributed by atoms with E-state index in [-0.39, 0.29) is 0 Å². The summed E-state index contributed by atoms with van der Waals surface area (Å²) in [6.07, 6.45) is 0. The molecule has 0 fully saturated rings. The fourth-order valence-electron chi connectivity index (χ4n) is 1.09. The van der Waals surface area contributed by atoms with Crippen LogP contribution < -0.4 is 0 Å². The number of carboxylic acid groups (broad SMARTS) is 1. The second-order valence-electron chi connectivity index (χ2n) is 2.94. The molecule has 0 amide bonds. The summed E-state index contributed by atoms with van der Waals surface area (Å²) in [7, 11) is 0. The second-order valence-corrected chi connectivity index (χ2v) is 3.38. The first-order valence-electron chi connectivity index (χ1n) is 4.05. The Hall–Kier alpha value is -1.35. The average Bonchev–Trinajstić information content (AvgIpc) is 2.16. The lowest BCUT2D eigenvalue weighted by molar-refractivity contribution is -0.149. The lowest BCUT2D eigenvalue weighted by atomic mass is 9.97. The van der Waals surface area contributed by atoms with Gasteiger partial charge in [-0.15, -0.1) is 0 Å². The topological polar surface area (TPSA) is 54.4 Å². The first kappa shape index (κ1) is 10.7. The molecule has 1 aromatic rings. The Morgan fingerprint density at radius 1 is 1.29 bits per heavy atom. The minimum absolute atomic E-state index is 0.559. The molecule has 3 nitrogen and oxygen atoms in total. The van der Waals surface area contributed by atoms with Crippen LogP contribution in [-0.4, -0.2) is 16.9 Å². The maximum absolute atomic E-state index is 11.1. The number of aliphatic carboxylic acids is 1. The van der Waals surface area contributed by atoms with Crippen molar-refractivity contribution in [2.45, 2.75) is 12.8 Å². The lowest BCUT2D eigenvalue weighted by Crippen LogP contribution is -2.19. The molecule has 0 heterocycles. The van der Waals surface area contributed by atoms with Gasteiger partial charge < -0.3 is 5.11 Å². The largest absolute Gasteiger partial charge is 0.475 e. The Morgan fingerprint density at radius 3 is 2.21 bits per heavy atom. The van der Waals surface area contributed by atoms with E-state index in [0.717, 1.165) is 0 Å². The molecule has 0 spiro atoms. The minimum Gasteiger partial charge on any atom is -0.475 e. The van der Waals surface area contributed by atoms with Gasteiger partial charge in [0.2, 0.25) is 5.78 Å². The van der Waals surface area contributed by atoms with Crippen LogP contribution in [0.5, 0.6) is 0 Å². The van der Waals surface area contributed by atoms with Crippen molar-refractivity contribution in [3.8, 4) is 0 Å². The third-order valence-electron chi connectivity index (χ3n) is 1.97. The van der Waals surface area contributed by atoms with Gasteiger partial charge in [-0.1, -0.05) is 30.7 Å². The molecule has 1 aromatic carbocycles. The number of halogens is 1. The highest BCUT2D eigenvalue weighted by atomic mass is 35.5. The van der Waals surface area contributed by atoms with Crippen molar-refractivity contribution >= 4 is 23.4 Å². The van der Waals surface area contributed by atoms with Crippen molar-refractivity contribution in [2.24, 2.45) is 0 Å². The molecule has 14 heavy (non-hydrogen) atoms. The number of Topliss-reactive ketones (excluding diaryl/α,β-unsaturated/α-hetero) is 1. The molecule has 1 unspecified atom stereocenters. The van der Waals surface area contributed by atoms with Gasteiger partial charge in [-0.25, -0.2) is 4.79 Å².